The van der Waals surface area contributed by atoms with Crippen LogP contribution in [0.2, 0.25) is 0 Å². The number of para-hydroxylation sites is 1. The van der Waals surface area contributed by atoms with Crippen LogP contribution in [0.5, 0.6) is 0 Å². The largest absolute Gasteiger partial charge is 0.383 e. The van der Waals surface area contributed by atoms with Crippen LogP contribution in [0.1, 0.15) is 33.6 Å². The first-order chi connectivity index (χ1) is 13.0. The molecule has 0 aromatic heterocycles. The molecule has 2 amide bonds. The fourth-order valence-electron chi connectivity index (χ4n) is 3.26. The number of oxime groups is 1. The molecule has 1 aromatic rings. The van der Waals surface area contributed by atoms with E-state index in [1.54, 1.807) is 23.6 Å². The summed E-state index contributed by atoms with van der Waals surface area (Å²) in [5.41, 5.74) is 1.86. The van der Waals surface area contributed by atoms with Crippen LogP contribution in [0.25, 0.3) is 0 Å². The first kappa shape index (κ1) is 19.7. The molecule has 1 saturated heterocycles. The van der Waals surface area contributed by atoms with Crippen LogP contribution >= 0.6 is 11.8 Å². The van der Waals surface area contributed by atoms with Gasteiger partial charge in [-0.05, 0) is 19.1 Å². The van der Waals surface area contributed by atoms with Gasteiger partial charge in [-0.25, -0.2) is 0 Å². The molecule has 0 radical (unpaired) electrons. The van der Waals surface area contributed by atoms with Gasteiger partial charge in [0.25, 0.3) is 5.91 Å². The van der Waals surface area contributed by atoms with Gasteiger partial charge in [-0.15, -0.1) is 11.8 Å². The molecule has 3 rings (SSSR count). The molecule has 2 heterocycles. The highest BCUT2D eigenvalue weighted by Gasteiger charge is 2.28. The van der Waals surface area contributed by atoms with Crippen molar-refractivity contribution in [1.82, 2.24) is 4.90 Å². The second-order valence-electron chi connectivity index (χ2n) is 7.19. The maximum absolute atomic E-state index is 12.8. The number of rotatable bonds is 4. The Kier molecular flexibility index (Phi) is 6.42. The van der Waals surface area contributed by atoms with E-state index < -0.39 is 6.10 Å². The summed E-state index contributed by atoms with van der Waals surface area (Å²) < 4.78 is 0. The number of hydrogen-bond acceptors (Lipinski definition) is 5. The number of amides is 2. The molecular weight excluding hydrogens is 362 g/mol. The average Bonchev–Trinajstić information content (AvgIpc) is 2.70. The monoisotopic (exact) mass is 389 g/mol. The van der Waals surface area contributed by atoms with Gasteiger partial charge in [0.15, 0.2) is 0 Å². The fraction of sp³-hybridized carbons (Fsp3) is 0.550. The van der Waals surface area contributed by atoms with Crippen molar-refractivity contribution < 1.29 is 14.4 Å². The molecule has 1 fully saturated rings. The van der Waals surface area contributed by atoms with Crippen molar-refractivity contribution in [2.45, 2.75) is 44.6 Å². The summed E-state index contributed by atoms with van der Waals surface area (Å²) in [5.74, 6) is 1.01. The Bertz CT molecular complexity index is 725. The normalized spacial score (nSPS) is 18.1. The zero-order valence-electron chi connectivity index (χ0n) is 16.2. The maximum Gasteiger partial charge on any atom is 0.270 e. The molecule has 1 unspecified atom stereocenters. The molecule has 0 bridgehead atoms. The number of likely N-dealkylation sites (tertiary alicyclic amines) is 1. The zero-order valence-corrected chi connectivity index (χ0v) is 17.0. The SMILES string of the molecule is CC(C)C(=O)N1CCC(=NOC(C)C(=O)N2CCSc3ccccc32)CC1. The van der Waals surface area contributed by atoms with Crippen LogP contribution < -0.4 is 4.90 Å². The minimum absolute atomic E-state index is 0.0166. The quantitative estimate of drug-likeness (QED) is 0.742. The predicted octanol–water partition coefficient (Wildman–Crippen LogP) is 3.16. The van der Waals surface area contributed by atoms with Gasteiger partial charge in [-0.3, -0.25) is 9.59 Å². The summed E-state index contributed by atoms with van der Waals surface area (Å²) in [7, 11) is 0. The summed E-state index contributed by atoms with van der Waals surface area (Å²) in [5, 5.41) is 4.22. The molecule has 1 aromatic carbocycles. The molecule has 2 aliphatic heterocycles. The Hall–Kier alpha value is -2.02. The van der Waals surface area contributed by atoms with E-state index in [-0.39, 0.29) is 17.7 Å². The summed E-state index contributed by atoms with van der Waals surface area (Å²) in [6, 6.07) is 7.95. The molecule has 0 saturated carbocycles. The van der Waals surface area contributed by atoms with Crippen molar-refractivity contribution in [2.24, 2.45) is 11.1 Å². The Morgan fingerprint density at radius 2 is 1.78 bits per heavy atom. The van der Waals surface area contributed by atoms with Crippen LogP contribution in [0.3, 0.4) is 0 Å². The number of nitrogens with zero attached hydrogens (tertiary/aromatic N) is 3. The topological polar surface area (TPSA) is 62.2 Å². The van der Waals surface area contributed by atoms with E-state index >= 15 is 0 Å². The van der Waals surface area contributed by atoms with Crippen LogP contribution in [-0.4, -0.2) is 53.9 Å². The first-order valence-corrected chi connectivity index (χ1v) is 10.5. The van der Waals surface area contributed by atoms with Crippen molar-refractivity contribution in [3.05, 3.63) is 24.3 Å². The van der Waals surface area contributed by atoms with Gasteiger partial charge in [0.1, 0.15) is 0 Å². The Morgan fingerprint density at radius 1 is 1.07 bits per heavy atom. The van der Waals surface area contributed by atoms with Gasteiger partial charge < -0.3 is 14.6 Å². The third kappa shape index (κ3) is 4.64. The second-order valence-corrected chi connectivity index (χ2v) is 8.33. The number of piperidine rings is 1. The summed E-state index contributed by atoms with van der Waals surface area (Å²) in [6.07, 6.45) is 0.759. The molecule has 27 heavy (non-hydrogen) atoms. The predicted molar refractivity (Wildman–Crippen MR) is 108 cm³/mol. The van der Waals surface area contributed by atoms with Crippen LogP contribution in [-0.2, 0) is 14.4 Å². The smallest absolute Gasteiger partial charge is 0.270 e. The molecular formula is C20H27N3O3S. The lowest BCUT2D eigenvalue weighted by Crippen LogP contribution is -2.42. The number of carbonyl (C=O) groups is 2. The standard InChI is InChI=1S/C20H27N3O3S/c1-14(2)19(24)22-10-8-16(9-11-22)21-26-15(3)20(25)23-12-13-27-18-7-5-4-6-17(18)23/h4-7,14-15H,8-13H2,1-3H3. The number of fused-ring (bicyclic) bond motifs is 1. The van der Waals surface area contributed by atoms with Crippen LogP contribution in [0.4, 0.5) is 5.69 Å². The van der Waals surface area contributed by atoms with E-state index in [2.05, 4.69) is 5.16 Å². The number of hydrogen-bond donors (Lipinski definition) is 0. The first-order valence-electron chi connectivity index (χ1n) is 9.51. The number of thioether (sulfide) groups is 1. The lowest BCUT2D eigenvalue weighted by Gasteiger charge is -2.31. The van der Waals surface area contributed by atoms with Gasteiger partial charge in [0.2, 0.25) is 12.0 Å². The average molecular weight is 390 g/mol. The van der Waals surface area contributed by atoms with E-state index in [0.29, 0.717) is 32.5 Å². The molecule has 0 spiro atoms. The van der Waals surface area contributed by atoms with Crippen LogP contribution in [0.15, 0.2) is 34.3 Å². The van der Waals surface area contributed by atoms with Gasteiger partial charge in [0.05, 0.1) is 11.4 Å². The van der Waals surface area contributed by atoms with Crippen LogP contribution in [0, 0.1) is 5.92 Å². The van der Waals surface area contributed by atoms with E-state index in [9.17, 15) is 9.59 Å². The fourth-order valence-corrected chi connectivity index (χ4v) is 4.25. The molecule has 146 valence electrons. The summed E-state index contributed by atoms with van der Waals surface area (Å²) in [6.45, 7) is 7.58. The van der Waals surface area contributed by atoms with Gasteiger partial charge >= 0.3 is 0 Å². The highest BCUT2D eigenvalue weighted by molar-refractivity contribution is 7.99. The second kappa shape index (κ2) is 8.78. The van der Waals surface area contributed by atoms with Gasteiger partial charge in [-0.1, -0.05) is 31.1 Å². The number of carbonyl (C=O) groups excluding carboxylic acids is 2. The summed E-state index contributed by atoms with van der Waals surface area (Å²) >= 11 is 1.77. The minimum atomic E-state index is -0.635. The van der Waals surface area contributed by atoms with Crippen molar-refractivity contribution in [3.8, 4) is 0 Å². The van der Waals surface area contributed by atoms with Gasteiger partial charge in [0, 0.05) is 49.0 Å². The Balaban J connectivity index is 1.56. The lowest BCUT2D eigenvalue weighted by atomic mass is 10.1. The Morgan fingerprint density at radius 3 is 2.48 bits per heavy atom. The molecule has 0 N–H and O–H groups in total. The lowest BCUT2D eigenvalue weighted by molar-refractivity contribution is -0.134. The molecule has 7 heteroatoms. The van der Waals surface area contributed by atoms with Crippen molar-refractivity contribution in [2.75, 3.05) is 30.3 Å². The van der Waals surface area contributed by atoms with E-state index in [1.165, 1.54) is 0 Å². The van der Waals surface area contributed by atoms with Crippen molar-refractivity contribution in [1.29, 1.82) is 0 Å². The molecule has 6 nitrogen and oxygen atoms in total. The van der Waals surface area contributed by atoms with E-state index in [0.717, 1.165) is 22.0 Å². The van der Waals surface area contributed by atoms with Gasteiger partial charge in [-0.2, -0.15) is 0 Å². The van der Waals surface area contributed by atoms with Crippen molar-refractivity contribution in [3.63, 3.8) is 0 Å². The summed E-state index contributed by atoms with van der Waals surface area (Å²) in [4.78, 5) is 35.2. The van der Waals surface area contributed by atoms with E-state index in [4.69, 9.17) is 4.84 Å². The Labute approximate surface area is 164 Å². The number of anilines is 1. The third-order valence-corrected chi connectivity index (χ3v) is 5.87. The highest BCUT2D eigenvalue weighted by atomic mass is 32.2. The maximum atomic E-state index is 12.8. The number of benzene rings is 1. The molecule has 2 aliphatic rings. The van der Waals surface area contributed by atoms with E-state index in [1.807, 2.05) is 43.0 Å². The zero-order chi connectivity index (χ0) is 19.4. The van der Waals surface area contributed by atoms with Crippen molar-refractivity contribution >= 4 is 35.0 Å². The highest BCUT2D eigenvalue weighted by Crippen LogP contribution is 2.34. The molecule has 0 aliphatic carbocycles. The molecule has 1 atom stereocenters. The minimum Gasteiger partial charge on any atom is -0.383 e. The third-order valence-electron chi connectivity index (χ3n) is 4.83.